The summed E-state index contributed by atoms with van der Waals surface area (Å²) in [6.45, 7) is 4.76. The highest BCUT2D eigenvalue weighted by Gasteiger charge is 2.27. The minimum Gasteiger partial charge on any atom is -0.382 e. The lowest BCUT2D eigenvalue weighted by molar-refractivity contribution is 0.229. The highest BCUT2D eigenvalue weighted by Crippen LogP contribution is 2.36. The van der Waals surface area contributed by atoms with E-state index in [1.807, 2.05) is 12.3 Å². The summed E-state index contributed by atoms with van der Waals surface area (Å²) >= 11 is 0. The number of nitrogens with zero attached hydrogens (tertiary/aromatic N) is 1. The number of nitrogens with one attached hydrogen (secondary N) is 1. The Kier molecular flexibility index (Phi) is 3.17. The molecule has 0 spiro atoms. The fourth-order valence-electron chi connectivity index (χ4n) is 3.22. The highest BCUT2D eigenvalue weighted by atomic mass is 14.9. The standard InChI is InChI=1S/C17H22N2/c1-17(2)9-3-6-15(12-17)19-14-7-8-16-13(11-14)5-4-10-18-16/h4-5,7-8,10-11,15,19H,3,6,9,12H2,1-2H3. The zero-order valence-corrected chi connectivity index (χ0v) is 11.8. The minimum absolute atomic E-state index is 0.480. The van der Waals surface area contributed by atoms with E-state index in [1.165, 1.54) is 36.8 Å². The van der Waals surface area contributed by atoms with E-state index in [0.29, 0.717) is 11.5 Å². The molecule has 0 bridgehead atoms. The summed E-state index contributed by atoms with van der Waals surface area (Å²) in [5.41, 5.74) is 2.77. The van der Waals surface area contributed by atoms with Crippen molar-refractivity contribution in [1.29, 1.82) is 0 Å². The SMILES string of the molecule is CC1(C)CCCC(Nc2ccc3ncccc3c2)C1. The zero-order valence-electron chi connectivity index (χ0n) is 11.8. The second kappa shape index (κ2) is 4.84. The monoisotopic (exact) mass is 254 g/mol. The number of benzene rings is 1. The van der Waals surface area contributed by atoms with E-state index >= 15 is 0 Å². The van der Waals surface area contributed by atoms with Crippen LogP contribution in [0.4, 0.5) is 5.69 Å². The molecule has 1 saturated carbocycles. The van der Waals surface area contributed by atoms with E-state index in [-0.39, 0.29) is 0 Å². The third-order valence-electron chi connectivity index (χ3n) is 4.18. The number of pyridine rings is 1. The van der Waals surface area contributed by atoms with E-state index in [1.54, 1.807) is 0 Å². The van der Waals surface area contributed by atoms with Crippen molar-refractivity contribution in [1.82, 2.24) is 4.98 Å². The van der Waals surface area contributed by atoms with Gasteiger partial charge in [0.25, 0.3) is 0 Å². The van der Waals surface area contributed by atoms with Crippen molar-refractivity contribution in [2.45, 2.75) is 45.6 Å². The highest BCUT2D eigenvalue weighted by molar-refractivity contribution is 5.82. The van der Waals surface area contributed by atoms with Crippen LogP contribution < -0.4 is 5.32 Å². The first-order valence-corrected chi connectivity index (χ1v) is 7.24. The van der Waals surface area contributed by atoms with Crippen LogP contribution in [0.5, 0.6) is 0 Å². The molecule has 100 valence electrons. The average molecular weight is 254 g/mol. The van der Waals surface area contributed by atoms with Crippen LogP contribution in [0.1, 0.15) is 39.5 Å². The first kappa shape index (κ1) is 12.5. The van der Waals surface area contributed by atoms with Gasteiger partial charge in [0.1, 0.15) is 0 Å². The fraction of sp³-hybridized carbons (Fsp3) is 0.471. The lowest BCUT2D eigenvalue weighted by Crippen LogP contribution is -2.31. The van der Waals surface area contributed by atoms with Gasteiger partial charge in [-0.25, -0.2) is 0 Å². The van der Waals surface area contributed by atoms with Crippen LogP contribution in [0.2, 0.25) is 0 Å². The van der Waals surface area contributed by atoms with Crippen molar-refractivity contribution < 1.29 is 0 Å². The first-order valence-electron chi connectivity index (χ1n) is 7.24. The third kappa shape index (κ3) is 2.89. The molecule has 2 heteroatoms. The molecule has 0 amide bonds. The van der Waals surface area contributed by atoms with E-state index in [4.69, 9.17) is 0 Å². The van der Waals surface area contributed by atoms with Gasteiger partial charge in [0.2, 0.25) is 0 Å². The van der Waals surface area contributed by atoms with E-state index in [9.17, 15) is 0 Å². The van der Waals surface area contributed by atoms with E-state index in [2.05, 4.69) is 48.4 Å². The third-order valence-corrected chi connectivity index (χ3v) is 4.18. The van der Waals surface area contributed by atoms with Gasteiger partial charge >= 0.3 is 0 Å². The van der Waals surface area contributed by atoms with Gasteiger partial charge in [-0.05, 0) is 48.9 Å². The van der Waals surface area contributed by atoms with Gasteiger partial charge in [-0.2, -0.15) is 0 Å². The summed E-state index contributed by atoms with van der Waals surface area (Å²) in [6, 6.07) is 11.2. The van der Waals surface area contributed by atoms with Crippen molar-refractivity contribution in [3.05, 3.63) is 36.5 Å². The summed E-state index contributed by atoms with van der Waals surface area (Å²) in [4.78, 5) is 4.36. The van der Waals surface area contributed by atoms with Crippen LogP contribution in [0.25, 0.3) is 10.9 Å². The largest absolute Gasteiger partial charge is 0.382 e. The summed E-state index contributed by atoms with van der Waals surface area (Å²) in [5.74, 6) is 0. The Balaban J connectivity index is 1.77. The molecular weight excluding hydrogens is 232 g/mol. The molecule has 19 heavy (non-hydrogen) atoms. The Morgan fingerprint density at radius 3 is 3.00 bits per heavy atom. The molecule has 1 aromatic heterocycles. The molecule has 3 rings (SSSR count). The maximum atomic E-state index is 4.36. The molecule has 1 aliphatic carbocycles. The summed E-state index contributed by atoms with van der Waals surface area (Å²) in [7, 11) is 0. The van der Waals surface area contributed by atoms with Crippen molar-refractivity contribution in [2.24, 2.45) is 5.41 Å². The topological polar surface area (TPSA) is 24.9 Å². The Labute approximate surface area is 115 Å². The molecule has 0 aliphatic heterocycles. The second-order valence-electron chi connectivity index (χ2n) is 6.51. The molecule has 1 aliphatic rings. The van der Waals surface area contributed by atoms with Crippen molar-refractivity contribution in [3.8, 4) is 0 Å². The Hall–Kier alpha value is -1.57. The maximum absolute atomic E-state index is 4.36. The Morgan fingerprint density at radius 1 is 1.26 bits per heavy atom. The Bertz CT molecular complexity index is 574. The van der Waals surface area contributed by atoms with Crippen LogP contribution in [-0.4, -0.2) is 11.0 Å². The summed E-state index contributed by atoms with van der Waals surface area (Å²) in [5, 5.41) is 4.91. The minimum atomic E-state index is 0.480. The van der Waals surface area contributed by atoms with Gasteiger partial charge in [0.05, 0.1) is 5.52 Å². The van der Waals surface area contributed by atoms with Gasteiger partial charge in [0.15, 0.2) is 0 Å². The summed E-state index contributed by atoms with van der Waals surface area (Å²) < 4.78 is 0. The lowest BCUT2D eigenvalue weighted by atomic mass is 9.75. The number of anilines is 1. The maximum Gasteiger partial charge on any atom is 0.0703 e. The van der Waals surface area contributed by atoms with Crippen molar-refractivity contribution in [3.63, 3.8) is 0 Å². The number of fused-ring (bicyclic) bond motifs is 1. The molecular formula is C17H22N2. The molecule has 1 atom stereocenters. The van der Waals surface area contributed by atoms with Crippen molar-refractivity contribution >= 4 is 16.6 Å². The summed E-state index contributed by atoms with van der Waals surface area (Å²) in [6.07, 6.45) is 7.08. The van der Waals surface area contributed by atoms with Gasteiger partial charge < -0.3 is 5.32 Å². The first-order chi connectivity index (χ1) is 9.12. The van der Waals surface area contributed by atoms with Gasteiger partial charge in [0, 0.05) is 23.3 Å². The Morgan fingerprint density at radius 2 is 2.16 bits per heavy atom. The fourth-order valence-corrected chi connectivity index (χ4v) is 3.22. The van der Waals surface area contributed by atoms with E-state index in [0.717, 1.165) is 5.52 Å². The van der Waals surface area contributed by atoms with Gasteiger partial charge in [-0.15, -0.1) is 0 Å². The van der Waals surface area contributed by atoms with Gasteiger partial charge in [-0.1, -0.05) is 26.3 Å². The smallest absolute Gasteiger partial charge is 0.0703 e. The zero-order chi connectivity index (χ0) is 13.3. The van der Waals surface area contributed by atoms with Gasteiger partial charge in [-0.3, -0.25) is 4.98 Å². The second-order valence-corrected chi connectivity index (χ2v) is 6.51. The molecule has 0 saturated heterocycles. The molecule has 1 N–H and O–H groups in total. The van der Waals surface area contributed by atoms with Crippen LogP contribution in [0.3, 0.4) is 0 Å². The van der Waals surface area contributed by atoms with E-state index < -0.39 is 0 Å². The normalized spacial score (nSPS) is 22.3. The molecule has 1 heterocycles. The molecule has 1 unspecified atom stereocenters. The molecule has 1 aromatic carbocycles. The van der Waals surface area contributed by atoms with Crippen molar-refractivity contribution in [2.75, 3.05) is 5.32 Å². The molecule has 2 nitrogen and oxygen atoms in total. The van der Waals surface area contributed by atoms with Crippen LogP contribution >= 0.6 is 0 Å². The number of aromatic nitrogens is 1. The van der Waals surface area contributed by atoms with Crippen LogP contribution in [0.15, 0.2) is 36.5 Å². The molecule has 1 fully saturated rings. The lowest BCUT2D eigenvalue weighted by Gasteiger charge is -2.36. The predicted molar refractivity (Wildman–Crippen MR) is 81.4 cm³/mol. The van der Waals surface area contributed by atoms with Crippen LogP contribution in [0, 0.1) is 5.41 Å². The predicted octanol–water partition coefficient (Wildman–Crippen LogP) is 4.62. The quantitative estimate of drug-likeness (QED) is 0.846. The average Bonchev–Trinajstić information content (AvgIpc) is 2.37. The van der Waals surface area contributed by atoms with Crippen LogP contribution in [-0.2, 0) is 0 Å². The molecule has 0 radical (unpaired) electrons. The number of hydrogen-bond donors (Lipinski definition) is 1. The molecule has 2 aromatic rings. The number of hydrogen-bond acceptors (Lipinski definition) is 2. The number of rotatable bonds is 2.